The highest BCUT2D eigenvalue weighted by atomic mass is 35.5. The van der Waals surface area contributed by atoms with Gasteiger partial charge in [0, 0.05) is 35.5 Å². The van der Waals surface area contributed by atoms with Crippen LogP contribution in [0.1, 0.15) is 42.1 Å². The Bertz CT molecular complexity index is 692. The first kappa shape index (κ1) is 19.5. The molecule has 0 unspecified atom stereocenters. The van der Waals surface area contributed by atoms with Crippen molar-refractivity contribution in [3.05, 3.63) is 51.8 Å². The summed E-state index contributed by atoms with van der Waals surface area (Å²) in [5, 5.41) is 7.24. The summed E-state index contributed by atoms with van der Waals surface area (Å²) in [5.74, 6) is 0.336. The number of hydrogen-bond acceptors (Lipinski definition) is 4. The topological polar surface area (TPSA) is 66.9 Å². The number of hydrogen-bond donors (Lipinski definition) is 2. The highest BCUT2D eigenvalue weighted by Crippen LogP contribution is 2.21. The average Bonchev–Trinajstić information content (AvgIpc) is 2.61. The normalized spacial score (nSPS) is 10.5. The predicted octanol–water partition coefficient (Wildman–Crippen LogP) is 4.36. The third kappa shape index (κ3) is 6.52. The van der Waals surface area contributed by atoms with Crippen molar-refractivity contribution >= 4 is 35.1 Å². The van der Waals surface area contributed by atoms with E-state index in [4.69, 9.17) is 23.2 Å². The van der Waals surface area contributed by atoms with E-state index in [1.807, 2.05) is 12.1 Å². The summed E-state index contributed by atoms with van der Waals surface area (Å²) in [5.41, 5.74) is 1.46. The zero-order valence-corrected chi connectivity index (χ0v) is 15.7. The first-order chi connectivity index (χ1) is 12.1. The van der Waals surface area contributed by atoms with Crippen molar-refractivity contribution in [2.24, 2.45) is 0 Å². The van der Waals surface area contributed by atoms with Crippen molar-refractivity contribution in [3.8, 4) is 0 Å². The van der Waals surface area contributed by atoms with Crippen molar-refractivity contribution in [1.82, 2.24) is 15.3 Å². The van der Waals surface area contributed by atoms with E-state index in [0.717, 1.165) is 31.2 Å². The molecule has 0 aliphatic carbocycles. The van der Waals surface area contributed by atoms with Crippen LogP contribution in [0.4, 0.5) is 5.95 Å². The van der Waals surface area contributed by atoms with E-state index >= 15 is 0 Å². The molecule has 7 heteroatoms. The Morgan fingerprint density at radius 3 is 2.56 bits per heavy atom. The van der Waals surface area contributed by atoms with Crippen molar-refractivity contribution in [2.45, 2.75) is 32.6 Å². The fourth-order valence-corrected chi connectivity index (χ4v) is 2.75. The molecule has 0 atom stereocenters. The second-order valence-electron chi connectivity index (χ2n) is 5.67. The fraction of sp³-hybridized carbons (Fsp3) is 0.389. The molecule has 2 aromatic rings. The van der Waals surface area contributed by atoms with Gasteiger partial charge in [-0.05, 0) is 30.5 Å². The first-order valence-corrected chi connectivity index (χ1v) is 9.13. The molecule has 0 radical (unpaired) electrons. The summed E-state index contributed by atoms with van der Waals surface area (Å²) >= 11 is 12.0. The number of nitrogens with zero attached hydrogens (tertiary/aromatic N) is 2. The molecule has 0 aliphatic heterocycles. The molecule has 1 heterocycles. The predicted molar refractivity (Wildman–Crippen MR) is 103 cm³/mol. The molecule has 134 valence electrons. The zero-order valence-electron chi connectivity index (χ0n) is 14.2. The number of aromatic nitrogens is 2. The number of carbonyl (C=O) groups excluding carboxylic acids is 1. The second kappa shape index (κ2) is 10.2. The van der Waals surface area contributed by atoms with Gasteiger partial charge in [0.15, 0.2) is 0 Å². The Hall–Kier alpha value is -1.85. The number of amides is 1. The number of anilines is 1. The first-order valence-electron chi connectivity index (χ1n) is 8.38. The third-order valence-corrected chi connectivity index (χ3v) is 4.26. The molecule has 25 heavy (non-hydrogen) atoms. The zero-order chi connectivity index (χ0) is 18.1. The molecular weight excluding hydrogens is 359 g/mol. The number of unbranched alkanes of at least 4 members (excludes halogenated alkanes) is 2. The maximum absolute atomic E-state index is 11.9. The molecule has 2 N–H and O–H groups in total. The Morgan fingerprint density at radius 1 is 1.12 bits per heavy atom. The van der Waals surface area contributed by atoms with Crippen LogP contribution < -0.4 is 10.6 Å². The Kier molecular flexibility index (Phi) is 7.95. The third-order valence-electron chi connectivity index (χ3n) is 3.67. The molecule has 0 saturated carbocycles. The lowest BCUT2D eigenvalue weighted by Crippen LogP contribution is -2.24. The summed E-state index contributed by atoms with van der Waals surface area (Å²) in [4.78, 5) is 20.3. The summed E-state index contributed by atoms with van der Waals surface area (Å²) in [6.45, 7) is 3.43. The van der Waals surface area contributed by atoms with Gasteiger partial charge < -0.3 is 10.6 Å². The fourth-order valence-electron chi connectivity index (χ4n) is 2.25. The van der Waals surface area contributed by atoms with Gasteiger partial charge >= 0.3 is 0 Å². The average molecular weight is 381 g/mol. The monoisotopic (exact) mass is 380 g/mol. The minimum Gasteiger partial charge on any atom is -0.354 e. The standard InChI is InChI=1S/C18H22Cl2N4O/c1-2-3-4-8-21-17(25)14-11-23-18(24-12-14)22-9-7-13-5-6-15(19)10-16(13)20/h5-6,10-12H,2-4,7-9H2,1H3,(H,21,25)(H,22,23,24). The maximum atomic E-state index is 11.9. The van der Waals surface area contributed by atoms with Crippen LogP contribution in [0.3, 0.4) is 0 Å². The van der Waals surface area contributed by atoms with Crippen molar-refractivity contribution < 1.29 is 4.79 Å². The van der Waals surface area contributed by atoms with Crippen LogP contribution in [0.15, 0.2) is 30.6 Å². The molecule has 1 aromatic heterocycles. The van der Waals surface area contributed by atoms with Gasteiger partial charge in [-0.1, -0.05) is 49.0 Å². The second-order valence-corrected chi connectivity index (χ2v) is 6.51. The number of carbonyl (C=O) groups is 1. The maximum Gasteiger partial charge on any atom is 0.254 e. The molecule has 5 nitrogen and oxygen atoms in total. The summed E-state index contributed by atoms with van der Waals surface area (Å²) in [6, 6.07) is 5.44. The lowest BCUT2D eigenvalue weighted by molar-refractivity contribution is 0.0952. The van der Waals surface area contributed by atoms with E-state index < -0.39 is 0 Å². The van der Waals surface area contributed by atoms with E-state index in [9.17, 15) is 4.79 Å². The van der Waals surface area contributed by atoms with Crippen LogP contribution in [0, 0.1) is 0 Å². The van der Waals surface area contributed by atoms with Gasteiger partial charge in [-0.2, -0.15) is 0 Å². The van der Waals surface area contributed by atoms with Crippen LogP contribution in [0.25, 0.3) is 0 Å². The van der Waals surface area contributed by atoms with Gasteiger partial charge in [-0.25, -0.2) is 9.97 Å². The quantitative estimate of drug-likeness (QED) is 0.634. The molecule has 2 rings (SSSR count). The molecule has 1 amide bonds. The lowest BCUT2D eigenvalue weighted by atomic mass is 10.1. The largest absolute Gasteiger partial charge is 0.354 e. The van der Waals surface area contributed by atoms with Crippen molar-refractivity contribution in [3.63, 3.8) is 0 Å². The summed E-state index contributed by atoms with van der Waals surface area (Å²) < 4.78 is 0. The lowest BCUT2D eigenvalue weighted by Gasteiger charge is -2.08. The SMILES string of the molecule is CCCCCNC(=O)c1cnc(NCCc2ccc(Cl)cc2Cl)nc1. The number of rotatable bonds is 9. The van der Waals surface area contributed by atoms with E-state index in [-0.39, 0.29) is 5.91 Å². The molecule has 0 saturated heterocycles. The van der Waals surface area contributed by atoms with Gasteiger partial charge in [0.2, 0.25) is 5.95 Å². The van der Waals surface area contributed by atoms with Crippen LogP contribution in [0.2, 0.25) is 10.0 Å². The summed E-state index contributed by atoms with van der Waals surface area (Å²) in [7, 11) is 0. The van der Waals surface area contributed by atoms with E-state index in [2.05, 4.69) is 27.5 Å². The van der Waals surface area contributed by atoms with E-state index in [1.165, 1.54) is 12.4 Å². The minimum absolute atomic E-state index is 0.143. The Labute approximate surface area is 158 Å². The molecule has 0 bridgehead atoms. The van der Waals surface area contributed by atoms with Crippen LogP contribution in [0.5, 0.6) is 0 Å². The van der Waals surface area contributed by atoms with Crippen LogP contribution in [-0.2, 0) is 6.42 Å². The highest BCUT2D eigenvalue weighted by Gasteiger charge is 2.07. The van der Waals surface area contributed by atoms with Crippen molar-refractivity contribution in [2.75, 3.05) is 18.4 Å². The highest BCUT2D eigenvalue weighted by molar-refractivity contribution is 6.35. The Morgan fingerprint density at radius 2 is 1.88 bits per heavy atom. The Balaban J connectivity index is 1.79. The van der Waals surface area contributed by atoms with Gasteiger partial charge in [-0.3, -0.25) is 4.79 Å². The molecule has 0 fully saturated rings. The number of halogens is 2. The van der Waals surface area contributed by atoms with Gasteiger partial charge in [-0.15, -0.1) is 0 Å². The molecule has 1 aromatic carbocycles. The van der Waals surface area contributed by atoms with E-state index in [1.54, 1.807) is 6.07 Å². The number of benzene rings is 1. The number of nitrogens with one attached hydrogen (secondary N) is 2. The summed E-state index contributed by atoms with van der Waals surface area (Å²) in [6.07, 6.45) is 6.99. The smallest absolute Gasteiger partial charge is 0.254 e. The van der Waals surface area contributed by atoms with Gasteiger partial charge in [0.25, 0.3) is 5.91 Å². The molecular formula is C18H22Cl2N4O. The minimum atomic E-state index is -0.143. The van der Waals surface area contributed by atoms with E-state index in [0.29, 0.717) is 34.6 Å². The van der Waals surface area contributed by atoms with Crippen LogP contribution in [-0.4, -0.2) is 29.0 Å². The van der Waals surface area contributed by atoms with Crippen LogP contribution >= 0.6 is 23.2 Å². The molecule has 0 spiro atoms. The van der Waals surface area contributed by atoms with Gasteiger partial charge in [0.05, 0.1) is 5.56 Å². The molecule has 0 aliphatic rings. The van der Waals surface area contributed by atoms with Crippen molar-refractivity contribution in [1.29, 1.82) is 0 Å². The van der Waals surface area contributed by atoms with Gasteiger partial charge in [0.1, 0.15) is 0 Å².